The first-order valence-electron chi connectivity index (χ1n) is 8.34. The van der Waals surface area contributed by atoms with Gasteiger partial charge in [-0.05, 0) is 6.42 Å². The van der Waals surface area contributed by atoms with E-state index in [0.29, 0.717) is 13.2 Å². The Morgan fingerprint density at radius 1 is 1.52 bits per heavy atom. The van der Waals surface area contributed by atoms with Gasteiger partial charge in [0, 0.05) is 46.0 Å². The Labute approximate surface area is 166 Å². The van der Waals surface area contributed by atoms with Crippen LogP contribution in [0.3, 0.4) is 0 Å². The van der Waals surface area contributed by atoms with Crippen molar-refractivity contribution < 1.29 is 9.53 Å². The summed E-state index contributed by atoms with van der Waals surface area (Å²) in [6.07, 6.45) is 4.77. The molecule has 1 aromatic rings. The third-order valence-electron chi connectivity index (χ3n) is 3.86. The number of morpholine rings is 1. The number of nitrogens with one attached hydrogen (secondary N) is 1. The first kappa shape index (κ1) is 21.7. The van der Waals surface area contributed by atoms with E-state index in [-0.39, 0.29) is 42.5 Å². The van der Waals surface area contributed by atoms with Crippen LogP contribution in [0.1, 0.15) is 25.0 Å². The maximum atomic E-state index is 11.8. The summed E-state index contributed by atoms with van der Waals surface area (Å²) >= 11 is 0. The van der Waals surface area contributed by atoms with Crippen LogP contribution in [0.4, 0.5) is 0 Å². The predicted octanol–water partition coefficient (Wildman–Crippen LogP) is 0.855. The summed E-state index contributed by atoms with van der Waals surface area (Å²) in [5.74, 6) is 0.757. The highest BCUT2D eigenvalue weighted by molar-refractivity contribution is 14.0. The van der Waals surface area contributed by atoms with Crippen LogP contribution in [-0.2, 0) is 16.6 Å². The highest BCUT2D eigenvalue weighted by Gasteiger charge is 2.25. The van der Waals surface area contributed by atoms with Crippen molar-refractivity contribution in [2.75, 3.05) is 46.9 Å². The monoisotopic (exact) mass is 464 g/mol. The van der Waals surface area contributed by atoms with Gasteiger partial charge in [0.2, 0.25) is 5.91 Å². The predicted molar refractivity (Wildman–Crippen MR) is 108 cm³/mol. The van der Waals surface area contributed by atoms with E-state index in [1.165, 1.54) is 0 Å². The van der Waals surface area contributed by atoms with Crippen LogP contribution in [0.2, 0.25) is 0 Å². The van der Waals surface area contributed by atoms with Gasteiger partial charge in [-0.1, -0.05) is 6.92 Å². The quantitative estimate of drug-likeness (QED) is 0.398. The molecule has 1 aliphatic rings. The van der Waals surface area contributed by atoms with E-state index in [1.54, 1.807) is 23.7 Å². The van der Waals surface area contributed by atoms with Crippen molar-refractivity contribution in [2.24, 2.45) is 12.0 Å². The molecule has 1 fully saturated rings. The average molecular weight is 464 g/mol. The number of likely N-dealkylation sites (N-methyl/N-ethyl adjacent to an activating group) is 1. The van der Waals surface area contributed by atoms with E-state index in [2.05, 4.69) is 27.2 Å². The van der Waals surface area contributed by atoms with E-state index < -0.39 is 0 Å². The first-order valence-corrected chi connectivity index (χ1v) is 8.34. The smallest absolute Gasteiger partial charge is 0.243 e. The minimum absolute atomic E-state index is 0. The summed E-state index contributed by atoms with van der Waals surface area (Å²) in [6, 6.07) is 0. The lowest BCUT2D eigenvalue weighted by atomic mass is 10.1. The van der Waals surface area contributed by atoms with Crippen molar-refractivity contribution in [1.82, 2.24) is 24.9 Å². The number of ether oxygens (including phenoxy) is 1. The van der Waals surface area contributed by atoms with Crippen LogP contribution in [0.25, 0.3) is 0 Å². The number of halogens is 1. The fraction of sp³-hybridized carbons (Fsp3) is 0.688. The lowest BCUT2D eigenvalue weighted by Crippen LogP contribution is -2.48. The molecule has 142 valence electrons. The highest BCUT2D eigenvalue weighted by atomic mass is 127. The van der Waals surface area contributed by atoms with Gasteiger partial charge in [0.15, 0.2) is 5.96 Å². The number of carbonyl (C=O) groups excluding carboxylic acids is 1. The fourth-order valence-electron chi connectivity index (χ4n) is 2.44. The van der Waals surface area contributed by atoms with Crippen LogP contribution >= 0.6 is 24.0 Å². The van der Waals surface area contributed by atoms with E-state index in [9.17, 15) is 4.79 Å². The van der Waals surface area contributed by atoms with Gasteiger partial charge in [-0.25, -0.2) is 4.99 Å². The Morgan fingerprint density at radius 3 is 2.88 bits per heavy atom. The number of guanidine groups is 1. The molecule has 25 heavy (non-hydrogen) atoms. The summed E-state index contributed by atoms with van der Waals surface area (Å²) in [5, 5.41) is 7.55. The summed E-state index contributed by atoms with van der Waals surface area (Å²) in [5.41, 5.74) is 1.06. The van der Waals surface area contributed by atoms with Crippen molar-refractivity contribution >= 4 is 35.8 Å². The zero-order valence-corrected chi connectivity index (χ0v) is 17.8. The Morgan fingerprint density at radius 2 is 2.28 bits per heavy atom. The second kappa shape index (κ2) is 10.6. The lowest BCUT2D eigenvalue weighted by Gasteiger charge is -2.35. The number of hydrogen-bond donors (Lipinski definition) is 1. The average Bonchev–Trinajstić information content (AvgIpc) is 3.01. The van der Waals surface area contributed by atoms with Crippen LogP contribution in [-0.4, -0.2) is 78.3 Å². The molecule has 1 N–H and O–H groups in total. The van der Waals surface area contributed by atoms with Gasteiger partial charge >= 0.3 is 0 Å². The maximum absolute atomic E-state index is 11.8. The SMILES string of the molecule is CCCNC(=NCC(=O)N(C)C)N1CCOC(c2cnn(C)c2)C1.I. The number of aromatic nitrogens is 2. The molecule has 0 aliphatic carbocycles. The van der Waals surface area contributed by atoms with Gasteiger partial charge in [0.1, 0.15) is 12.6 Å². The largest absolute Gasteiger partial charge is 0.370 e. The van der Waals surface area contributed by atoms with E-state index >= 15 is 0 Å². The fourth-order valence-corrected chi connectivity index (χ4v) is 2.44. The van der Waals surface area contributed by atoms with E-state index in [0.717, 1.165) is 31.0 Å². The minimum atomic E-state index is -0.0365. The third kappa shape index (κ3) is 6.46. The lowest BCUT2D eigenvalue weighted by molar-refractivity contribution is -0.127. The van der Waals surface area contributed by atoms with E-state index in [1.807, 2.05) is 19.4 Å². The maximum Gasteiger partial charge on any atom is 0.243 e. The molecule has 2 rings (SSSR count). The number of aliphatic imine (C=N–C) groups is 1. The molecule has 8 nitrogen and oxygen atoms in total. The molecular weight excluding hydrogens is 435 g/mol. The molecule has 0 aromatic carbocycles. The molecule has 1 aromatic heterocycles. The first-order chi connectivity index (χ1) is 11.5. The zero-order valence-electron chi connectivity index (χ0n) is 15.4. The third-order valence-corrected chi connectivity index (χ3v) is 3.86. The topological polar surface area (TPSA) is 75.0 Å². The van der Waals surface area contributed by atoms with Crippen LogP contribution < -0.4 is 5.32 Å². The Bertz CT molecular complexity index is 575. The van der Waals surface area contributed by atoms with Crippen molar-refractivity contribution in [3.8, 4) is 0 Å². The number of hydrogen-bond acceptors (Lipinski definition) is 4. The van der Waals surface area contributed by atoms with Gasteiger partial charge in [0.05, 0.1) is 19.3 Å². The Kier molecular flexibility index (Phi) is 9.19. The van der Waals surface area contributed by atoms with Crippen molar-refractivity contribution in [3.63, 3.8) is 0 Å². The molecule has 1 saturated heterocycles. The molecule has 0 saturated carbocycles. The molecule has 1 atom stereocenters. The number of amides is 1. The molecular formula is C16H29IN6O2. The molecule has 0 radical (unpaired) electrons. The van der Waals surface area contributed by atoms with Crippen molar-refractivity contribution in [2.45, 2.75) is 19.4 Å². The second-order valence-electron chi connectivity index (χ2n) is 6.11. The molecule has 0 spiro atoms. The van der Waals surface area contributed by atoms with Crippen LogP contribution in [0.5, 0.6) is 0 Å². The van der Waals surface area contributed by atoms with Gasteiger partial charge in [-0.15, -0.1) is 24.0 Å². The van der Waals surface area contributed by atoms with Gasteiger partial charge < -0.3 is 19.9 Å². The molecule has 1 amide bonds. The number of rotatable bonds is 5. The summed E-state index contributed by atoms with van der Waals surface area (Å²) < 4.78 is 7.65. The van der Waals surface area contributed by atoms with Crippen molar-refractivity contribution in [1.29, 1.82) is 0 Å². The molecule has 2 heterocycles. The van der Waals surface area contributed by atoms with Gasteiger partial charge in [-0.2, -0.15) is 5.10 Å². The van der Waals surface area contributed by atoms with Gasteiger partial charge in [0.25, 0.3) is 0 Å². The summed E-state index contributed by atoms with van der Waals surface area (Å²) in [4.78, 5) is 20.0. The Hall–Kier alpha value is -1.36. The number of nitrogens with zero attached hydrogens (tertiary/aromatic N) is 5. The minimum Gasteiger partial charge on any atom is -0.370 e. The number of carbonyl (C=O) groups is 1. The second-order valence-corrected chi connectivity index (χ2v) is 6.11. The highest BCUT2D eigenvalue weighted by Crippen LogP contribution is 2.21. The molecule has 1 unspecified atom stereocenters. The normalized spacial score (nSPS) is 17.8. The Balaban J connectivity index is 0.00000312. The molecule has 0 bridgehead atoms. The summed E-state index contributed by atoms with van der Waals surface area (Å²) in [6.45, 7) is 5.14. The zero-order chi connectivity index (χ0) is 17.5. The van der Waals surface area contributed by atoms with Gasteiger partial charge in [-0.3, -0.25) is 9.48 Å². The molecule has 1 aliphatic heterocycles. The van der Waals surface area contributed by atoms with Crippen LogP contribution in [0, 0.1) is 0 Å². The van der Waals surface area contributed by atoms with E-state index in [4.69, 9.17) is 4.74 Å². The van der Waals surface area contributed by atoms with Crippen molar-refractivity contribution in [3.05, 3.63) is 18.0 Å². The molecule has 9 heteroatoms. The summed E-state index contributed by atoms with van der Waals surface area (Å²) in [7, 11) is 5.38. The standard InChI is InChI=1S/C16H28N6O2.HI/c1-5-6-17-16(18-10-15(23)20(2)3)22-7-8-24-14(12-22)13-9-19-21(4)11-13;/h9,11,14H,5-8,10,12H2,1-4H3,(H,17,18);1H. The van der Waals surface area contributed by atoms with Crippen LogP contribution in [0.15, 0.2) is 17.4 Å². The number of aryl methyl sites for hydroxylation is 1.